The summed E-state index contributed by atoms with van der Waals surface area (Å²) in [4.78, 5) is 0. The van der Waals surface area contributed by atoms with E-state index in [9.17, 15) is 0 Å². The smallest absolute Gasteiger partial charge is 0.0409 e. The van der Waals surface area contributed by atoms with Gasteiger partial charge in [-0.1, -0.05) is 37.6 Å². The zero-order chi connectivity index (χ0) is 12.4. The quantitative estimate of drug-likeness (QED) is 0.838. The number of hydrogen-bond acceptors (Lipinski definition) is 1. The first-order valence-electron chi connectivity index (χ1n) is 6.59. The van der Waals surface area contributed by atoms with Crippen molar-refractivity contribution in [1.29, 1.82) is 0 Å². The molecule has 0 bridgehead atoms. The lowest BCUT2D eigenvalue weighted by Crippen LogP contribution is -2.34. The number of halogens is 1. The maximum Gasteiger partial charge on any atom is 0.0409 e. The Morgan fingerprint density at radius 2 is 2.06 bits per heavy atom. The van der Waals surface area contributed by atoms with Gasteiger partial charge in [-0.2, -0.15) is 0 Å². The molecule has 0 saturated heterocycles. The summed E-state index contributed by atoms with van der Waals surface area (Å²) in [5.41, 5.74) is 1.28. The monoisotopic (exact) mass is 251 g/mol. The molecule has 4 unspecified atom stereocenters. The van der Waals surface area contributed by atoms with Crippen molar-refractivity contribution in [3.63, 3.8) is 0 Å². The van der Waals surface area contributed by atoms with Gasteiger partial charge in [-0.15, -0.1) is 0 Å². The molecule has 1 aromatic rings. The molecule has 4 atom stereocenters. The molecule has 1 aromatic carbocycles. The molecule has 1 nitrogen and oxygen atoms in total. The van der Waals surface area contributed by atoms with Gasteiger partial charge in [0.25, 0.3) is 0 Å². The highest BCUT2D eigenvalue weighted by molar-refractivity contribution is 6.30. The van der Waals surface area contributed by atoms with Gasteiger partial charge in [0.1, 0.15) is 0 Å². The minimum Gasteiger partial charge on any atom is -0.307 e. The first kappa shape index (κ1) is 12.9. The van der Waals surface area contributed by atoms with Crippen molar-refractivity contribution in [3.05, 3.63) is 34.9 Å². The molecule has 94 valence electrons. The Morgan fingerprint density at radius 3 is 2.65 bits per heavy atom. The summed E-state index contributed by atoms with van der Waals surface area (Å²) in [6.45, 7) is 6.94. The fraction of sp³-hybridized carbons (Fsp3) is 0.600. The van der Waals surface area contributed by atoms with E-state index in [0.717, 1.165) is 16.9 Å². The molecular weight excluding hydrogens is 230 g/mol. The Kier molecular flexibility index (Phi) is 4.11. The van der Waals surface area contributed by atoms with Crippen molar-refractivity contribution in [3.8, 4) is 0 Å². The average Bonchev–Trinajstić information content (AvgIpc) is 2.61. The SMILES string of the molecule is CC(NC1CCC(C)C1C)c1cccc(Cl)c1. The summed E-state index contributed by atoms with van der Waals surface area (Å²) in [5, 5.41) is 4.57. The van der Waals surface area contributed by atoms with Crippen LogP contribution in [0.25, 0.3) is 0 Å². The van der Waals surface area contributed by atoms with Gasteiger partial charge in [-0.25, -0.2) is 0 Å². The minimum atomic E-state index is 0.381. The summed E-state index contributed by atoms with van der Waals surface area (Å²) in [5.74, 6) is 1.62. The van der Waals surface area contributed by atoms with E-state index in [4.69, 9.17) is 11.6 Å². The van der Waals surface area contributed by atoms with E-state index >= 15 is 0 Å². The van der Waals surface area contributed by atoms with Crippen molar-refractivity contribution in [2.75, 3.05) is 0 Å². The van der Waals surface area contributed by atoms with Crippen LogP contribution in [-0.2, 0) is 0 Å². The standard InChI is InChI=1S/C15H22ClN/c1-10-7-8-15(11(10)2)17-12(3)13-5-4-6-14(16)9-13/h4-6,9-12,15,17H,7-8H2,1-3H3. The molecule has 1 aliphatic rings. The van der Waals surface area contributed by atoms with Crippen molar-refractivity contribution >= 4 is 11.6 Å². The van der Waals surface area contributed by atoms with Crippen LogP contribution in [0.5, 0.6) is 0 Å². The van der Waals surface area contributed by atoms with Crippen LogP contribution >= 0.6 is 11.6 Å². The number of benzene rings is 1. The van der Waals surface area contributed by atoms with Gasteiger partial charge in [0.05, 0.1) is 0 Å². The third-order valence-corrected chi connectivity index (χ3v) is 4.51. The Bertz CT molecular complexity index is 377. The van der Waals surface area contributed by atoms with Crippen LogP contribution in [0.15, 0.2) is 24.3 Å². The van der Waals surface area contributed by atoms with Gasteiger partial charge in [0, 0.05) is 17.1 Å². The zero-order valence-corrected chi connectivity index (χ0v) is 11.7. The van der Waals surface area contributed by atoms with Crippen LogP contribution in [0.3, 0.4) is 0 Å². The Morgan fingerprint density at radius 1 is 1.29 bits per heavy atom. The summed E-state index contributed by atoms with van der Waals surface area (Å²) >= 11 is 6.03. The normalized spacial score (nSPS) is 30.5. The highest BCUT2D eigenvalue weighted by Crippen LogP contribution is 2.32. The molecule has 17 heavy (non-hydrogen) atoms. The van der Waals surface area contributed by atoms with Crippen molar-refractivity contribution < 1.29 is 0 Å². The van der Waals surface area contributed by atoms with E-state index in [1.807, 2.05) is 12.1 Å². The van der Waals surface area contributed by atoms with Crippen LogP contribution in [0.1, 0.15) is 45.2 Å². The van der Waals surface area contributed by atoms with E-state index in [-0.39, 0.29) is 0 Å². The predicted octanol–water partition coefficient (Wildman–Crippen LogP) is 4.43. The molecule has 1 fully saturated rings. The summed E-state index contributed by atoms with van der Waals surface area (Å²) in [6.07, 6.45) is 2.65. The fourth-order valence-electron chi connectivity index (χ4n) is 2.79. The van der Waals surface area contributed by atoms with Crippen LogP contribution in [0.4, 0.5) is 0 Å². The molecule has 0 aromatic heterocycles. The van der Waals surface area contributed by atoms with E-state index < -0.39 is 0 Å². The second-order valence-electron chi connectivity index (χ2n) is 5.46. The van der Waals surface area contributed by atoms with Gasteiger partial charge >= 0.3 is 0 Å². The molecule has 1 aliphatic carbocycles. The summed E-state index contributed by atoms with van der Waals surface area (Å²) in [6, 6.07) is 9.19. The average molecular weight is 252 g/mol. The van der Waals surface area contributed by atoms with Crippen molar-refractivity contribution in [2.45, 2.75) is 45.7 Å². The first-order valence-corrected chi connectivity index (χ1v) is 6.97. The highest BCUT2D eigenvalue weighted by Gasteiger charge is 2.30. The number of hydrogen-bond donors (Lipinski definition) is 1. The largest absolute Gasteiger partial charge is 0.307 e. The lowest BCUT2D eigenvalue weighted by atomic mass is 9.96. The molecule has 1 saturated carbocycles. The number of nitrogens with one attached hydrogen (secondary N) is 1. The minimum absolute atomic E-state index is 0.381. The number of rotatable bonds is 3. The Hall–Kier alpha value is -0.530. The molecule has 1 N–H and O–H groups in total. The molecule has 2 rings (SSSR count). The third-order valence-electron chi connectivity index (χ3n) is 4.28. The van der Waals surface area contributed by atoms with Crippen molar-refractivity contribution in [1.82, 2.24) is 5.32 Å². The topological polar surface area (TPSA) is 12.0 Å². The lowest BCUT2D eigenvalue weighted by Gasteiger charge is -2.24. The molecule has 0 aliphatic heterocycles. The van der Waals surface area contributed by atoms with Gasteiger partial charge < -0.3 is 5.32 Å². The highest BCUT2D eigenvalue weighted by atomic mass is 35.5. The lowest BCUT2D eigenvalue weighted by molar-refractivity contribution is 0.347. The van der Waals surface area contributed by atoms with Crippen LogP contribution in [0.2, 0.25) is 5.02 Å². The second-order valence-corrected chi connectivity index (χ2v) is 5.90. The van der Waals surface area contributed by atoms with Crippen molar-refractivity contribution in [2.24, 2.45) is 11.8 Å². The maximum atomic E-state index is 6.03. The van der Waals surface area contributed by atoms with Crippen LogP contribution < -0.4 is 5.32 Å². The van der Waals surface area contributed by atoms with Crippen LogP contribution in [0, 0.1) is 11.8 Å². The molecule has 2 heteroatoms. The fourth-order valence-corrected chi connectivity index (χ4v) is 2.99. The first-order chi connectivity index (χ1) is 8.08. The molecule has 0 spiro atoms. The Labute approximate surface area is 110 Å². The van der Waals surface area contributed by atoms with E-state index in [2.05, 4.69) is 38.2 Å². The van der Waals surface area contributed by atoms with E-state index in [1.165, 1.54) is 18.4 Å². The zero-order valence-electron chi connectivity index (χ0n) is 10.9. The van der Waals surface area contributed by atoms with Gasteiger partial charge in [-0.3, -0.25) is 0 Å². The second kappa shape index (κ2) is 5.41. The summed E-state index contributed by atoms with van der Waals surface area (Å²) < 4.78 is 0. The van der Waals surface area contributed by atoms with E-state index in [0.29, 0.717) is 12.1 Å². The Balaban J connectivity index is 2.00. The van der Waals surface area contributed by atoms with E-state index in [1.54, 1.807) is 0 Å². The maximum absolute atomic E-state index is 6.03. The molecule has 0 heterocycles. The summed E-state index contributed by atoms with van der Waals surface area (Å²) in [7, 11) is 0. The molecule has 0 radical (unpaired) electrons. The molecule has 0 amide bonds. The van der Waals surface area contributed by atoms with Gasteiger partial charge in [0.15, 0.2) is 0 Å². The van der Waals surface area contributed by atoms with Crippen LogP contribution in [-0.4, -0.2) is 6.04 Å². The molecular formula is C15H22ClN. The third kappa shape index (κ3) is 3.02. The van der Waals surface area contributed by atoms with Gasteiger partial charge in [-0.05, 0) is 49.3 Å². The van der Waals surface area contributed by atoms with Gasteiger partial charge in [0.2, 0.25) is 0 Å². The predicted molar refractivity (Wildman–Crippen MR) is 74.4 cm³/mol.